The van der Waals surface area contributed by atoms with E-state index in [2.05, 4.69) is 80.1 Å². The smallest absolute Gasteiger partial charge is 0.0738 e. The molecule has 2 rings (SSSR count). The van der Waals surface area contributed by atoms with Crippen LogP contribution in [0.2, 0.25) is 0 Å². The van der Waals surface area contributed by atoms with Gasteiger partial charge < -0.3 is 5.32 Å². The van der Waals surface area contributed by atoms with Crippen LogP contribution in [0, 0.1) is 10.5 Å². The summed E-state index contributed by atoms with van der Waals surface area (Å²) in [6.07, 6.45) is 0.922. The van der Waals surface area contributed by atoms with Gasteiger partial charge in [0, 0.05) is 23.1 Å². The van der Waals surface area contributed by atoms with Crippen molar-refractivity contribution in [2.45, 2.75) is 26.3 Å². The molecule has 20 heavy (non-hydrogen) atoms. The molecule has 0 amide bonds. The Morgan fingerprint density at radius 1 is 1.40 bits per heavy atom. The Morgan fingerprint density at radius 2 is 2.10 bits per heavy atom. The van der Waals surface area contributed by atoms with Crippen molar-refractivity contribution in [1.29, 1.82) is 0 Å². The highest BCUT2D eigenvalue weighted by molar-refractivity contribution is 14.1. The summed E-state index contributed by atoms with van der Waals surface area (Å²) in [5, 5.41) is 8.07. The minimum atomic E-state index is 0.305. The summed E-state index contributed by atoms with van der Waals surface area (Å²) >= 11 is 6.07. The van der Waals surface area contributed by atoms with Gasteiger partial charge in [-0.25, -0.2) is 0 Å². The molecule has 0 aliphatic rings. The lowest BCUT2D eigenvalue weighted by Crippen LogP contribution is -2.24. The number of rotatable bonds is 5. The van der Waals surface area contributed by atoms with Crippen LogP contribution in [-0.2, 0) is 13.5 Å². The van der Waals surface area contributed by atoms with Crippen molar-refractivity contribution in [3.05, 3.63) is 49.3 Å². The number of likely N-dealkylation sites (N-methyl/N-ethyl adjacent to an activating group) is 1. The number of nitrogens with one attached hydrogen (secondary N) is 1. The van der Waals surface area contributed by atoms with Gasteiger partial charge in [-0.05, 0) is 63.6 Å². The summed E-state index contributed by atoms with van der Waals surface area (Å²) in [5.74, 6) is 0. The maximum atomic E-state index is 4.48. The zero-order chi connectivity index (χ0) is 14.7. The van der Waals surface area contributed by atoms with E-state index in [0.29, 0.717) is 6.04 Å². The van der Waals surface area contributed by atoms with Gasteiger partial charge >= 0.3 is 0 Å². The van der Waals surface area contributed by atoms with Crippen molar-refractivity contribution in [2.75, 3.05) is 6.54 Å². The van der Waals surface area contributed by atoms with Crippen LogP contribution in [0.4, 0.5) is 0 Å². The summed E-state index contributed by atoms with van der Waals surface area (Å²) in [4.78, 5) is 0. The van der Waals surface area contributed by atoms with E-state index in [4.69, 9.17) is 0 Å². The van der Waals surface area contributed by atoms with E-state index in [1.54, 1.807) is 0 Å². The van der Waals surface area contributed by atoms with Crippen molar-refractivity contribution in [2.24, 2.45) is 7.05 Å². The molecule has 1 unspecified atom stereocenters. The molecule has 2 aromatic rings. The van der Waals surface area contributed by atoms with Crippen LogP contribution in [0.15, 0.2) is 28.7 Å². The molecule has 1 N–H and O–H groups in total. The molecule has 1 atom stereocenters. The van der Waals surface area contributed by atoms with Crippen LogP contribution in [0.25, 0.3) is 0 Å². The highest BCUT2D eigenvalue weighted by Crippen LogP contribution is 2.28. The summed E-state index contributed by atoms with van der Waals surface area (Å²) in [7, 11) is 2.01. The third-order valence-corrected chi connectivity index (χ3v) is 5.40. The standard InChI is InChI=1S/C15H19BrIN3/c1-4-18-13(11-7-5-6-8-12(11)17)9-14-15(16)10(2)19-20(14)3/h5-8,13,18H,4,9H2,1-3H3. The molecule has 0 bridgehead atoms. The second-order valence-corrected chi connectivity index (χ2v) is 6.76. The molecule has 3 nitrogen and oxygen atoms in total. The van der Waals surface area contributed by atoms with Crippen LogP contribution < -0.4 is 5.32 Å². The monoisotopic (exact) mass is 447 g/mol. The molecule has 108 valence electrons. The normalized spacial score (nSPS) is 12.7. The summed E-state index contributed by atoms with van der Waals surface area (Å²) in [5.41, 5.74) is 3.62. The Hall–Kier alpha value is -0.400. The van der Waals surface area contributed by atoms with Crippen LogP contribution in [0.1, 0.15) is 29.9 Å². The number of hydrogen-bond donors (Lipinski definition) is 1. The maximum absolute atomic E-state index is 4.48. The first-order valence-corrected chi connectivity index (χ1v) is 8.57. The largest absolute Gasteiger partial charge is 0.310 e. The molecule has 1 heterocycles. The average molecular weight is 448 g/mol. The molecule has 0 aliphatic carbocycles. The number of aryl methyl sites for hydroxylation is 2. The predicted molar refractivity (Wildman–Crippen MR) is 94.9 cm³/mol. The Bertz CT molecular complexity index is 595. The number of nitrogens with zero attached hydrogens (tertiary/aromatic N) is 2. The topological polar surface area (TPSA) is 29.9 Å². The molecule has 0 fully saturated rings. The maximum Gasteiger partial charge on any atom is 0.0738 e. The molecule has 0 saturated heterocycles. The van der Waals surface area contributed by atoms with Gasteiger partial charge in [-0.1, -0.05) is 25.1 Å². The van der Waals surface area contributed by atoms with Crippen LogP contribution >= 0.6 is 38.5 Å². The van der Waals surface area contributed by atoms with Gasteiger partial charge in [-0.15, -0.1) is 0 Å². The third-order valence-electron chi connectivity index (χ3n) is 3.39. The minimum Gasteiger partial charge on any atom is -0.310 e. The number of benzene rings is 1. The highest BCUT2D eigenvalue weighted by Gasteiger charge is 2.19. The van der Waals surface area contributed by atoms with E-state index in [1.165, 1.54) is 14.8 Å². The van der Waals surface area contributed by atoms with E-state index in [-0.39, 0.29) is 0 Å². The molecule has 0 aliphatic heterocycles. The number of hydrogen-bond acceptors (Lipinski definition) is 2. The lowest BCUT2D eigenvalue weighted by atomic mass is 10.0. The fraction of sp³-hybridized carbons (Fsp3) is 0.400. The van der Waals surface area contributed by atoms with Gasteiger partial charge in [0.2, 0.25) is 0 Å². The summed E-state index contributed by atoms with van der Waals surface area (Å²) in [6, 6.07) is 8.85. The molecule has 0 saturated carbocycles. The predicted octanol–water partition coefficient (Wildman–Crippen LogP) is 3.99. The fourth-order valence-electron chi connectivity index (χ4n) is 2.39. The van der Waals surface area contributed by atoms with Crippen LogP contribution in [-0.4, -0.2) is 16.3 Å². The lowest BCUT2D eigenvalue weighted by Gasteiger charge is -2.20. The first-order chi connectivity index (χ1) is 9.54. The van der Waals surface area contributed by atoms with E-state index in [0.717, 1.165) is 23.1 Å². The zero-order valence-corrected chi connectivity index (χ0v) is 15.7. The van der Waals surface area contributed by atoms with Gasteiger partial charge in [0.25, 0.3) is 0 Å². The fourth-order valence-corrected chi connectivity index (χ4v) is 3.65. The van der Waals surface area contributed by atoms with Gasteiger partial charge in [-0.2, -0.15) is 5.10 Å². The molecular formula is C15H19BrIN3. The van der Waals surface area contributed by atoms with Gasteiger partial charge in [-0.3, -0.25) is 4.68 Å². The number of aromatic nitrogens is 2. The molecule has 0 radical (unpaired) electrons. The van der Waals surface area contributed by atoms with E-state index < -0.39 is 0 Å². The Balaban J connectivity index is 2.33. The zero-order valence-electron chi connectivity index (χ0n) is 12.0. The molecule has 0 spiro atoms. The molecule has 1 aromatic carbocycles. The summed E-state index contributed by atoms with van der Waals surface area (Å²) in [6.45, 7) is 5.12. The second kappa shape index (κ2) is 7.04. The van der Waals surface area contributed by atoms with Crippen LogP contribution in [0.3, 0.4) is 0 Å². The van der Waals surface area contributed by atoms with Crippen molar-refractivity contribution in [1.82, 2.24) is 15.1 Å². The van der Waals surface area contributed by atoms with Gasteiger partial charge in [0.15, 0.2) is 0 Å². The lowest BCUT2D eigenvalue weighted by molar-refractivity contribution is 0.526. The second-order valence-electron chi connectivity index (χ2n) is 4.81. The van der Waals surface area contributed by atoms with Crippen molar-refractivity contribution >= 4 is 38.5 Å². The highest BCUT2D eigenvalue weighted by atomic mass is 127. The first kappa shape index (κ1) is 16.0. The van der Waals surface area contributed by atoms with E-state index in [1.807, 2.05) is 18.7 Å². The molecular weight excluding hydrogens is 429 g/mol. The molecule has 5 heteroatoms. The summed E-state index contributed by atoms with van der Waals surface area (Å²) < 4.78 is 4.39. The number of halogens is 2. The third kappa shape index (κ3) is 3.43. The van der Waals surface area contributed by atoms with E-state index >= 15 is 0 Å². The van der Waals surface area contributed by atoms with Crippen molar-refractivity contribution in [3.8, 4) is 0 Å². The van der Waals surface area contributed by atoms with Gasteiger partial charge in [0.1, 0.15) is 0 Å². The van der Waals surface area contributed by atoms with Crippen molar-refractivity contribution in [3.63, 3.8) is 0 Å². The average Bonchev–Trinajstić information content (AvgIpc) is 2.65. The van der Waals surface area contributed by atoms with Crippen LogP contribution in [0.5, 0.6) is 0 Å². The Morgan fingerprint density at radius 3 is 2.65 bits per heavy atom. The van der Waals surface area contributed by atoms with Gasteiger partial charge in [0.05, 0.1) is 15.9 Å². The SMILES string of the molecule is CCNC(Cc1c(Br)c(C)nn1C)c1ccccc1I. The Labute approximate surface area is 142 Å². The molecule has 1 aromatic heterocycles. The van der Waals surface area contributed by atoms with Crippen molar-refractivity contribution < 1.29 is 0 Å². The Kier molecular flexibility index (Phi) is 5.63. The quantitative estimate of drug-likeness (QED) is 0.702. The minimum absolute atomic E-state index is 0.305. The first-order valence-electron chi connectivity index (χ1n) is 6.70. The van der Waals surface area contributed by atoms with E-state index in [9.17, 15) is 0 Å².